The van der Waals surface area contributed by atoms with Crippen molar-refractivity contribution >= 4 is 11.8 Å². The first-order valence-corrected chi connectivity index (χ1v) is 8.88. The van der Waals surface area contributed by atoms with Crippen molar-refractivity contribution in [1.82, 2.24) is 20.0 Å². The Kier molecular flexibility index (Phi) is 6.84. The third-order valence-electron chi connectivity index (χ3n) is 4.75. The van der Waals surface area contributed by atoms with E-state index in [9.17, 15) is 0 Å². The van der Waals surface area contributed by atoms with E-state index in [1.54, 1.807) is 0 Å². The normalized spacial score (nSPS) is 18.8. The number of piperidine rings is 1. The first-order chi connectivity index (χ1) is 11.2. The van der Waals surface area contributed by atoms with E-state index in [1.165, 1.54) is 43.3 Å². The largest absolute Gasteiger partial charge is 0.388 e. The van der Waals surface area contributed by atoms with Gasteiger partial charge >= 0.3 is 0 Å². The van der Waals surface area contributed by atoms with Gasteiger partial charge in [-0.1, -0.05) is 13.8 Å². The van der Waals surface area contributed by atoms with Crippen LogP contribution in [0.25, 0.3) is 5.57 Å². The molecule has 2 rings (SSSR count). The zero-order valence-corrected chi connectivity index (χ0v) is 14.8. The van der Waals surface area contributed by atoms with Crippen LogP contribution in [-0.4, -0.2) is 46.6 Å². The Balaban J connectivity index is 1.99. The predicted octanol–water partition coefficient (Wildman–Crippen LogP) is 3.31. The van der Waals surface area contributed by atoms with Crippen LogP contribution in [0.3, 0.4) is 0 Å². The van der Waals surface area contributed by atoms with Crippen molar-refractivity contribution in [1.29, 1.82) is 5.41 Å². The third kappa shape index (κ3) is 4.93. The molecule has 5 heteroatoms. The lowest BCUT2D eigenvalue weighted by atomic mass is 10.1. The molecule has 1 saturated heterocycles. The van der Waals surface area contributed by atoms with E-state index < -0.39 is 0 Å². The molecule has 0 aromatic carbocycles. The van der Waals surface area contributed by atoms with E-state index >= 15 is 0 Å². The van der Waals surface area contributed by atoms with Gasteiger partial charge < -0.3 is 15.6 Å². The molecule has 0 amide bonds. The lowest BCUT2D eigenvalue weighted by Crippen LogP contribution is -2.34. The monoisotopic (exact) mass is 317 g/mol. The van der Waals surface area contributed by atoms with Crippen LogP contribution < -0.4 is 5.32 Å². The van der Waals surface area contributed by atoms with Crippen LogP contribution in [-0.2, 0) is 0 Å². The SMILES string of the molecule is CC/C(=C\NC(C)CC=N)c1cnn(C2CCN(CC)CC2)c1. The van der Waals surface area contributed by atoms with Gasteiger partial charge in [0.1, 0.15) is 0 Å². The number of nitrogens with one attached hydrogen (secondary N) is 2. The fourth-order valence-corrected chi connectivity index (χ4v) is 3.08. The molecular weight excluding hydrogens is 286 g/mol. The number of hydrogen-bond donors (Lipinski definition) is 2. The first-order valence-electron chi connectivity index (χ1n) is 8.88. The highest BCUT2D eigenvalue weighted by Gasteiger charge is 2.20. The van der Waals surface area contributed by atoms with Gasteiger partial charge in [0.05, 0.1) is 12.2 Å². The molecule has 1 aliphatic heterocycles. The van der Waals surface area contributed by atoms with Crippen molar-refractivity contribution in [3.05, 3.63) is 24.2 Å². The molecule has 1 unspecified atom stereocenters. The summed E-state index contributed by atoms with van der Waals surface area (Å²) < 4.78 is 2.16. The molecule has 128 valence electrons. The molecule has 0 saturated carbocycles. The second-order valence-corrected chi connectivity index (χ2v) is 6.41. The summed E-state index contributed by atoms with van der Waals surface area (Å²) in [5, 5.41) is 15.2. The maximum Gasteiger partial charge on any atom is 0.0565 e. The zero-order valence-electron chi connectivity index (χ0n) is 14.8. The number of nitrogens with zero attached hydrogens (tertiary/aromatic N) is 3. The van der Waals surface area contributed by atoms with Crippen molar-refractivity contribution in [2.24, 2.45) is 0 Å². The van der Waals surface area contributed by atoms with Gasteiger partial charge in [-0.25, -0.2) is 0 Å². The van der Waals surface area contributed by atoms with Gasteiger partial charge in [-0.2, -0.15) is 5.10 Å². The molecule has 2 heterocycles. The maximum absolute atomic E-state index is 7.17. The maximum atomic E-state index is 7.17. The van der Waals surface area contributed by atoms with Gasteiger partial charge in [-0.15, -0.1) is 0 Å². The molecule has 0 bridgehead atoms. The Morgan fingerprint density at radius 1 is 1.43 bits per heavy atom. The van der Waals surface area contributed by atoms with Crippen LogP contribution in [0.4, 0.5) is 0 Å². The number of likely N-dealkylation sites (tertiary alicyclic amines) is 1. The Labute approximate surface area is 140 Å². The van der Waals surface area contributed by atoms with Crippen LogP contribution in [0.2, 0.25) is 0 Å². The van der Waals surface area contributed by atoms with Gasteiger partial charge in [0, 0.05) is 43.5 Å². The number of aromatic nitrogens is 2. The standard InChI is InChI=1S/C18H31N5/c1-4-16(12-20-15(3)6-9-19)17-13-21-23(14-17)18-7-10-22(5-2)11-8-18/h9,12-15,18-20H,4-8,10-11H2,1-3H3/b16-12+,19-9?. The topological polar surface area (TPSA) is 56.9 Å². The Hall–Kier alpha value is -1.62. The molecule has 0 radical (unpaired) electrons. The highest BCUT2D eigenvalue weighted by molar-refractivity contribution is 5.64. The molecule has 1 aliphatic rings. The Morgan fingerprint density at radius 2 is 2.17 bits per heavy atom. The number of hydrogen-bond acceptors (Lipinski definition) is 4. The molecule has 2 N–H and O–H groups in total. The van der Waals surface area contributed by atoms with Crippen LogP contribution in [0.15, 0.2) is 18.6 Å². The molecule has 1 atom stereocenters. The average Bonchev–Trinajstić information content (AvgIpc) is 3.05. The highest BCUT2D eigenvalue weighted by Crippen LogP contribution is 2.24. The van der Waals surface area contributed by atoms with Crippen molar-refractivity contribution < 1.29 is 0 Å². The Morgan fingerprint density at radius 3 is 2.78 bits per heavy atom. The van der Waals surface area contributed by atoms with Gasteiger partial charge in [-0.05, 0) is 44.5 Å². The fraction of sp³-hybridized carbons (Fsp3) is 0.667. The lowest BCUT2D eigenvalue weighted by molar-refractivity contribution is 0.187. The fourth-order valence-electron chi connectivity index (χ4n) is 3.08. The van der Waals surface area contributed by atoms with Gasteiger partial charge in [0.2, 0.25) is 0 Å². The number of allylic oxidation sites excluding steroid dienone is 1. The summed E-state index contributed by atoms with van der Waals surface area (Å²) >= 11 is 0. The summed E-state index contributed by atoms with van der Waals surface area (Å²) in [4.78, 5) is 2.51. The van der Waals surface area contributed by atoms with Crippen molar-refractivity contribution in [2.45, 2.75) is 58.5 Å². The summed E-state index contributed by atoms with van der Waals surface area (Å²) in [5.41, 5.74) is 2.49. The van der Waals surface area contributed by atoms with Crippen LogP contribution in [0.1, 0.15) is 58.1 Å². The molecule has 1 aromatic rings. The molecular formula is C18H31N5. The third-order valence-corrected chi connectivity index (χ3v) is 4.75. The van der Waals surface area contributed by atoms with Crippen LogP contribution >= 0.6 is 0 Å². The van der Waals surface area contributed by atoms with E-state index in [4.69, 9.17) is 5.41 Å². The van der Waals surface area contributed by atoms with Gasteiger partial charge in [-0.3, -0.25) is 4.68 Å². The van der Waals surface area contributed by atoms with Crippen molar-refractivity contribution in [3.8, 4) is 0 Å². The molecule has 1 fully saturated rings. The summed E-state index contributed by atoms with van der Waals surface area (Å²) in [6.07, 6.45) is 11.8. The minimum absolute atomic E-state index is 0.294. The summed E-state index contributed by atoms with van der Waals surface area (Å²) in [6.45, 7) is 10.0. The molecule has 5 nitrogen and oxygen atoms in total. The molecule has 0 aliphatic carbocycles. The summed E-state index contributed by atoms with van der Waals surface area (Å²) in [5.74, 6) is 0. The second kappa shape index (κ2) is 8.87. The van der Waals surface area contributed by atoms with Gasteiger partial charge in [0.25, 0.3) is 0 Å². The minimum Gasteiger partial charge on any atom is -0.388 e. The quantitative estimate of drug-likeness (QED) is 0.723. The van der Waals surface area contributed by atoms with E-state index in [2.05, 4.69) is 53.2 Å². The van der Waals surface area contributed by atoms with E-state index in [0.717, 1.165) is 19.4 Å². The van der Waals surface area contributed by atoms with E-state index in [0.29, 0.717) is 12.1 Å². The number of rotatable bonds is 8. The minimum atomic E-state index is 0.294. The summed E-state index contributed by atoms with van der Waals surface area (Å²) in [6, 6.07) is 0.830. The van der Waals surface area contributed by atoms with E-state index in [1.807, 2.05) is 6.20 Å². The van der Waals surface area contributed by atoms with Crippen molar-refractivity contribution in [3.63, 3.8) is 0 Å². The molecule has 23 heavy (non-hydrogen) atoms. The van der Waals surface area contributed by atoms with E-state index in [-0.39, 0.29) is 0 Å². The van der Waals surface area contributed by atoms with Crippen molar-refractivity contribution in [2.75, 3.05) is 19.6 Å². The van der Waals surface area contributed by atoms with Crippen LogP contribution in [0, 0.1) is 5.41 Å². The Bertz CT molecular complexity index is 511. The van der Waals surface area contributed by atoms with Gasteiger partial charge in [0.15, 0.2) is 0 Å². The molecule has 0 spiro atoms. The first kappa shape index (κ1) is 17.7. The average molecular weight is 317 g/mol. The predicted molar refractivity (Wildman–Crippen MR) is 96.9 cm³/mol. The van der Waals surface area contributed by atoms with Crippen LogP contribution in [0.5, 0.6) is 0 Å². The molecule has 1 aromatic heterocycles. The summed E-state index contributed by atoms with van der Waals surface area (Å²) in [7, 11) is 0. The second-order valence-electron chi connectivity index (χ2n) is 6.41. The highest BCUT2D eigenvalue weighted by atomic mass is 15.3. The smallest absolute Gasteiger partial charge is 0.0565 e. The zero-order chi connectivity index (χ0) is 16.7. The lowest BCUT2D eigenvalue weighted by Gasteiger charge is -2.31.